The first-order valence-corrected chi connectivity index (χ1v) is 14.2. The lowest BCUT2D eigenvalue weighted by atomic mass is 9.69. The van der Waals surface area contributed by atoms with Crippen LogP contribution in [-0.2, 0) is 5.41 Å². The summed E-state index contributed by atoms with van der Waals surface area (Å²) in [5.74, 6) is 0.182. The van der Waals surface area contributed by atoms with Crippen molar-refractivity contribution in [3.05, 3.63) is 143 Å². The van der Waals surface area contributed by atoms with E-state index in [0.29, 0.717) is 30.0 Å². The number of hydrogen-bond acceptors (Lipinski definition) is 5. The van der Waals surface area contributed by atoms with Gasteiger partial charge in [0.1, 0.15) is 11.4 Å². The van der Waals surface area contributed by atoms with Crippen LogP contribution in [0.2, 0.25) is 0 Å². The summed E-state index contributed by atoms with van der Waals surface area (Å²) in [5.41, 5.74) is 12.4. The molecule has 0 saturated carbocycles. The van der Waals surface area contributed by atoms with Crippen LogP contribution in [0.15, 0.2) is 136 Å². The summed E-state index contributed by atoms with van der Waals surface area (Å²) < 4.78 is 76.7. The van der Waals surface area contributed by atoms with E-state index in [1.807, 2.05) is 67.6 Å². The Morgan fingerprint density at radius 2 is 1.35 bits per heavy atom. The highest BCUT2D eigenvalue weighted by Crippen LogP contribution is 2.56. The highest BCUT2D eigenvalue weighted by atomic mass is 19.4. The molecule has 4 N–H and O–H groups in total. The average Bonchev–Trinajstić information content (AvgIpc) is 3.31. The van der Waals surface area contributed by atoms with E-state index in [1.165, 1.54) is 0 Å². The second-order valence-electron chi connectivity index (χ2n) is 10.3. The zero-order chi connectivity index (χ0) is 33.5. The molecule has 0 unspecified atom stereocenters. The van der Waals surface area contributed by atoms with Crippen LogP contribution in [0.3, 0.4) is 0 Å². The quantitative estimate of drug-likeness (QED) is 0.140. The summed E-state index contributed by atoms with van der Waals surface area (Å²) in [6.07, 6.45) is 2.01. The highest BCUT2D eigenvalue weighted by Gasteiger charge is 2.47. The molecular weight excluding hydrogens is 604 g/mol. The first-order valence-electron chi connectivity index (χ1n) is 14.2. The van der Waals surface area contributed by atoms with Crippen LogP contribution in [0.5, 0.6) is 0 Å². The van der Waals surface area contributed by atoms with Gasteiger partial charge in [-0.15, -0.1) is 0 Å². The zero-order valence-electron chi connectivity index (χ0n) is 24.9. The number of nitrogens with zero attached hydrogens (tertiary/aromatic N) is 3. The zero-order valence-corrected chi connectivity index (χ0v) is 24.9. The molecule has 0 radical (unpaired) electrons. The molecule has 238 valence electrons. The van der Waals surface area contributed by atoms with Crippen molar-refractivity contribution < 1.29 is 26.3 Å². The number of halogens is 6. The minimum absolute atomic E-state index is 0.182. The van der Waals surface area contributed by atoms with Crippen LogP contribution in [0, 0.1) is 0 Å². The molecule has 11 heteroatoms. The number of fused-ring (bicyclic) bond motifs is 3. The van der Waals surface area contributed by atoms with Crippen LogP contribution >= 0.6 is 0 Å². The molecule has 46 heavy (non-hydrogen) atoms. The van der Waals surface area contributed by atoms with Crippen molar-refractivity contribution >= 4 is 18.2 Å². The molecule has 0 saturated heterocycles. The second-order valence-corrected chi connectivity index (χ2v) is 10.3. The molecule has 2 aromatic carbocycles. The molecule has 0 bridgehead atoms. The number of rotatable bonds is 9. The largest absolute Gasteiger partial charge is 0.430 e. The summed E-state index contributed by atoms with van der Waals surface area (Å²) in [4.78, 5) is 13.0. The van der Waals surface area contributed by atoms with Gasteiger partial charge in [0.15, 0.2) is 5.82 Å². The van der Waals surface area contributed by atoms with Gasteiger partial charge in [-0.1, -0.05) is 79.7 Å². The van der Waals surface area contributed by atoms with E-state index in [2.05, 4.69) is 16.1 Å². The lowest BCUT2D eigenvalue weighted by Crippen LogP contribution is -2.30. The average molecular weight is 636 g/mol. The Hall–Kier alpha value is -5.19. The first kappa shape index (κ1) is 33.7. The molecule has 1 aliphatic carbocycles. The van der Waals surface area contributed by atoms with Crippen LogP contribution < -0.4 is 11.5 Å². The van der Waals surface area contributed by atoms with Crippen LogP contribution in [0.4, 0.5) is 32.2 Å². The van der Waals surface area contributed by atoms with Gasteiger partial charge in [0.2, 0.25) is 0 Å². The molecule has 1 aromatic heterocycles. The second kappa shape index (κ2) is 13.8. The third kappa shape index (κ3) is 7.20. The third-order valence-corrected chi connectivity index (χ3v) is 7.19. The maximum atomic E-state index is 12.9. The van der Waals surface area contributed by atoms with Crippen LogP contribution in [0.1, 0.15) is 37.1 Å². The molecule has 0 fully saturated rings. The van der Waals surface area contributed by atoms with Crippen molar-refractivity contribution in [3.8, 4) is 11.1 Å². The number of nitrogens with two attached hydrogens (primary N) is 2. The van der Waals surface area contributed by atoms with Gasteiger partial charge in [-0.25, -0.2) is 9.98 Å². The van der Waals surface area contributed by atoms with Gasteiger partial charge < -0.3 is 11.5 Å². The molecule has 3 aromatic rings. The number of aromatic nitrogens is 1. The number of allylic oxidation sites excluding steroid dienone is 10. The number of hydrogen-bond donors (Lipinski definition) is 2. The highest BCUT2D eigenvalue weighted by molar-refractivity contribution is 5.86. The summed E-state index contributed by atoms with van der Waals surface area (Å²) in [6, 6.07) is 21.0. The van der Waals surface area contributed by atoms with Crippen molar-refractivity contribution in [2.24, 2.45) is 21.5 Å². The van der Waals surface area contributed by atoms with Crippen molar-refractivity contribution in [2.45, 2.75) is 38.0 Å². The molecular formula is C35H31F6N5. The minimum atomic E-state index is -4.68. The Kier molecular flexibility index (Phi) is 10.1. The van der Waals surface area contributed by atoms with Crippen molar-refractivity contribution in [3.63, 3.8) is 0 Å². The van der Waals surface area contributed by atoms with Crippen LogP contribution in [-0.4, -0.2) is 29.8 Å². The van der Waals surface area contributed by atoms with E-state index in [9.17, 15) is 26.3 Å². The van der Waals surface area contributed by atoms with Crippen LogP contribution in [0.25, 0.3) is 11.1 Å². The Morgan fingerprint density at radius 1 is 0.783 bits per heavy atom. The Bertz CT molecular complexity index is 1740. The topological polar surface area (TPSA) is 89.6 Å². The number of alkyl halides is 6. The fourth-order valence-corrected chi connectivity index (χ4v) is 5.19. The standard InChI is InChI=1S/C35H31F6N5/c1-3-10-24(12-8-11-23(2)44-21-19-29(42)34(36,37)38)33(27-15-6-4-13-25(27)26-14-5-7-16-28(26)33)31-17-9-18-32(46-31)45-22-20-30(43)35(39,40)41/h4-22H,3,42-43H2,1-2H3/b12-8-,23-11+,24-10-,29-19?,30-20?,44-21?,45-22?. The molecule has 0 amide bonds. The molecule has 0 spiro atoms. The number of benzene rings is 2. The predicted molar refractivity (Wildman–Crippen MR) is 171 cm³/mol. The van der Waals surface area contributed by atoms with Gasteiger partial charge in [-0.2, -0.15) is 26.3 Å². The smallest absolute Gasteiger partial charge is 0.395 e. The maximum Gasteiger partial charge on any atom is 0.430 e. The van der Waals surface area contributed by atoms with Gasteiger partial charge in [0.25, 0.3) is 0 Å². The molecule has 0 atom stereocenters. The molecule has 0 aliphatic heterocycles. The van der Waals surface area contributed by atoms with E-state index in [-0.39, 0.29) is 5.82 Å². The number of aliphatic imine (C=N–C) groups is 2. The summed E-state index contributed by atoms with van der Waals surface area (Å²) >= 11 is 0. The van der Waals surface area contributed by atoms with E-state index < -0.39 is 29.2 Å². The summed E-state index contributed by atoms with van der Waals surface area (Å²) in [5, 5.41) is 0. The van der Waals surface area contributed by atoms with Gasteiger partial charge in [0, 0.05) is 18.1 Å². The monoisotopic (exact) mass is 635 g/mol. The van der Waals surface area contributed by atoms with E-state index in [4.69, 9.17) is 16.5 Å². The SMILES string of the molecule is CC/C=C(/C=C\C=C(/C)N=CC=C(N)C(F)(F)F)C1(c2cccc(N=CC=C(N)C(F)(F)F)n2)c2ccccc2-c2ccccc21. The van der Waals surface area contributed by atoms with Gasteiger partial charge in [-0.05, 0) is 71.5 Å². The molecule has 4 rings (SSSR count). The minimum Gasteiger partial charge on any atom is -0.395 e. The maximum absolute atomic E-state index is 12.9. The Balaban J connectivity index is 1.87. The number of pyridine rings is 1. The molecule has 1 heterocycles. The fourth-order valence-electron chi connectivity index (χ4n) is 5.19. The van der Waals surface area contributed by atoms with E-state index in [1.54, 1.807) is 31.2 Å². The molecule has 1 aliphatic rings. The van der Waals surface area contributed by atoms with Crippen molar-refractivity contribution in [1.29, 1.82) is 0 Å². The lowest BCUT2D eigenvalue weighted by Gasteiger charge is -2.33. The lowest BCUT2D eigenvalue weighted by molar-refractivity contribution is -0.0933. The summed E-state index contributed by atoms with van der Waals surface area (Å²) in [7, 11) is 0. The normalized spacial score (nSPS) is 16.1. The summed E-state index contributed by atoms with van der Waals surface area (Å²) in [6.45, 7) is 3.63. The molecule has 5 nitrogen and oxygen atoms in total. The Morgan fingerprint density at radius 3 is 1.91 bits per heavy atom. The first-order chi connectivity index (χ1) is 21.8. The van der Waals surface area contributed by atoms with Gasteiger partial charge in [-0.3, -0.25) is 4.99 Å². The third-order valence-electron chi connectivity index (χ3n) is 7.19. The fraction of sp³-hybridized carbons (Fsp3) is 0.171. The van der Waals surface area contributed by atoms with Crippen molar-refractivity contribution in [1.82, 2.24) is 4.98 Å². The van der Waals surface area contributed by atoms with Crippen molar-refractivity contribution in [2.75, 3.05) is 0 Å². The Labute approximate surface area is 262 Å². The van der Waals surface area contributed by atoms with Gasteiger partial charge >= 0.3 is 12.4 Å². The van der Waals surface area contributed by atoms with E-state index >= 15 is 0 Å². The van der Waals surface area contributed by atoms with E-state index in [0.717, 1.165) is 40.3 Å². The predicted octanol–water partition coefficient (Wildman–Crippen LogP) is 8.78. The van der Waals surface area contributed by atoms with Gasteiger partial charge in [0.05, 0.1) is 11.1 Å².